The van der Waals surface area contributed by atoms with Crippen molar-refractivity contribution in [2.45, 2.75) is 25.4 Å². The Bertz CT molecular complexity index is 449. The monoisotopic (exact) mass is 339 g/mol. The Morgan fingerprint density at radius 3 is 2.58 bits per heavy atom. The number of hydrogen-bond acceptors (Lipinski definition) is 2. The van der Waals surface area contributed by atoms with Gasteiger partial charge < -0.3 is 10.4 Å². The van der Waals surface area contributed by atoms with Crippen molar-refractivity contribution in [2.24, 2.45) is 0 Å². The number of carbonyl (C=O) groups is 1. The molecule has 1 rings (SSSR count). The van der Waals surface area contributed by atoms with Crippen molar-refractivity contribution >= 4 is 21.8 Å². The Morgan fingerprint density at radius 1 is 1.32 bits per heavy atom. The number of aromatic hydroxyl groups is 1. The van der Waals surface area contributed by atoms with E-state index in [0.717, 1.165) is 0 Å². The predicted octanol–water partition coefficient (Wildman–Crippen LogP) is 3.62. The van der Waals surface area contributed by atoms with Crippen LogP contribution in [0.2, 0.25) is 0 Å². The number of unbranched alkanes of at least 4 members (excludes halogenated alkanes) is 1. The topological polar surface area (TPSA) is 49.3 Å². The Morgan fingerprint density at radius 2 is 2.00 bits per heavy atom. The number of carbonyl (C=O) groups excluding carboxylic acids is 1. The molecule has 1 aromatic carbocycles. The zero-order valence-electron chi connectivity index (χ0n) is 9.93. The van der Waals surface area contributed by atoms with Crippen molar-refractivity contribution in [1.82, 2.24) is 5.32 Å². The lowest BCUT2D eigenvalue weighted by molar-refractivity contribution is -0.135. The van der Waals surface area contributed by atoms with E-state index in [4.69, 9.17) is 0 Å². The summed E-state index contributed by atoms with van der Waals surface area (Å²) in [5, 5.41) is 12.0. The van der Waals surface area contributed by atoms with Crippen molar-refractivity contribution in [3.05, 3.63) is 28.2 Å². The average Bonchev–Trinajstić information content (AvgIpc) is 2.26. The zero-order valence-corrected chi connectivity index (χ0v) is 11.5. The molecule has 0 fully saturated rings. The van der Waals surface area contributed by atoms with Crippen molar-refractivity contribution in [1.29, 1.82) is 0 Å². The van der Waals surface area contributed by atoms with E-state index in [-0.39, 0.29) is 30.7 Å². The van der Waals surface area contributed by atoms with Crippen molar-refractivity contribution < 1.29 is 23.1 Å². The largest absolute Gasteiger partial charge is 0.507 e. The van der Waals surface area contributed by atoms with E-state index in [1.165, 1.54) is 12.1 Å². The van der Waals surface area contributed by atoms with Crippen LogP contribution < -0.4 is 5.32 Å². The molecule has 0 saturated carbocycles. The molecule has 0 bridgehead atoms. The summed E-state index contributed by atoms with van der Waals surface area (Å²) in [5.74, 6) is -0.681. The van der Waals surface area contributed by atoms with Crippen LogP contribution in [0.5, 0.6) is 5.75 Å². The maximum atomic E-state index is 11.9. The Balaban J connectivity index is 2.36. The van der Waals surface area contributed by atoms with Gasteiger partial charge in [0, 0.05) is 17.4 Å². The number of hydrogen-bond donors (Lipinski definition) is 2. The maximum Gasteiger partial charge on any atom is 0.389 e. The van der Waals surface area contributed by atoms with Gasteiger partial charge in [-0.15, -0.1) is 0 Å². The molecule has 0 saturated heterocycles. The summed E-state index contributed by atoms with van der Waals surface area (Å²) in [7, 11) is 0. The highest BCUT2D eigenvalue weighted by molar-refractivity contribution is 9.10. The molecule has 1 aromatic rings. The molecular weight excluding hydrogens is 327 g/mol. The van der Waals surface area contributed by atoms with Crippen LogP contribution in [0.15, 0.2) is 22.7 Å². The number of nitrogens with one attached hydrogen (secondary N) is 1. The fraction of sp³-hybridized carbons (Fsp3) is 0.417. The van der Waals surface area contributed by atoms with Gasteiger partial charge in [0.25, 0.3) is 5.91 Å². The molecule has 19 heavy (non-hydrogen) atoms. The fourth-order valence-corrected chi connectivity index (χ4v) is 1.79. The molecule has 106 valence electrons. The van der Waals surface area contributed by atoms with Gasteiger partial charge in [-0.3, -0.25) is 4.79 Å². The fourth-order valence-electron chi connectivity index (χ4n) is 1.44. The van der Waals surface area contributed by atoms with E-state index in [2.05, 4.69) is 21.2 Å². The second kappa shape index (κ2) is 6.79. The van der Waals surface area contributed by atoms with Crippen LogP contribution in [0.1, 0.15) is 29.6 Å². The lowest BCUT2D eigenvalue weighted by atomic mass is 10.2. The van der Waals surface area contributed by atoms with Crippen LogP contribution >= 0.6 is 15.9 Å². The first-order valence-electron chi connectivity index (χ1n) is 5.63. The third-order valence-electron chi connectivity index (χ3n) is 2.38. The lowest BCUT2D eigenvalue weighted by Crippen LogP contribution is -2.24. The van der Waals surface area contributed by atoms with E-state index in [1.807, 2.05) is 0 Å². The maximum absolute atomic E-state index is 11.9. The van der Waals surface area contributed by atoms with Gasteiger partial charge >= 0.3 is 6.18 Å². The van der Waals surface area contributed by atoms with Gasteiger partial charge in [-0.2, -0.15) is 13.2 Å². The van der Waals surface area contributed by atoms with Gasteiger partial charge in [0.2, 0.25) is 0 Å². The van der Waals surface area contributed by atoms with E-state index in [1.54, 1.807) is 6.07 Å². The number of phenolic OH excluding ortho intramolecular Hbond substituents is 1. The first kappa shape index (κ1) is 15.8. The SMILES string of the molecule is O=C(NCCCCC(F)(F)F)c1ccc(Br)cc1O. The van der Waals surface area contributed by atoms with Crippen LogP contribution in [0, 0.1) is 0 Å². The highest BCUT2D eigenvalue weighted by Gasteiger charge is 2.25. The minimum absolute atomic E-state index is 0.0316. The summed E-state index contributed by atoms with van der Waals surface area (Å²) >= 11 is 3.14. The molecule has 0 aliphatic carbocycles. The molecule has 0 unspecified atom stereocenters. The van der Waals surface area contributed by atoms with E-state index >= 15 is 0 Å². The van der Waals surface area contributed by atoms with Gasteiger partial charge in [-0.1, -0.05) is 15.9 Å². The standard InChI is InChI=1S/C12H13BrF3NO2/c13-8-3-4-9(10(18)7-8)11(19)17-6-2-1-5-12(14,15)16/h3-4,7,18H,1-2,5-6H2,(H,17,19). The Hall–Kier alpha value is -1.24. The minimum Gasteiger partial charge on any atom is -0.507 e. The highest BCUT2D eigenvalue weighted by Crippen LogP contribution is 2.23. The summed E-state index contributed by atoms with van der Waals surface area (Å²) in [6.45, 7) is 0.143. The molecule has 0 heterocycles. The summed E-state index contributed by atoms with van der Waals surface area (Å²) in [6, 6.07) is 4.40. The lowest BCUT2D eigenvalue weighted by Gasteiger charge is -2.08. The zero-order chi connectivity index (χ0) is 14.5. The Kier molecular flexibility index (Phi) is 5.65. The molecule has 1 amide bonds. The molecule has 2 N–H and O–H groups in total. The van der Waals surface area contributed by atoms with Crippen molar-refractivity contribution in [2.75, 3.05) is 6.54 Å². The van der Waals surface area contributed by atoms with E-state index in [9.17, 15) is 23.1 Å². The second-order valence-electron chi connectivity index (χ2n) is 3.99. The number of amides is 1. The normalized spacial score (nSPS) is 11.4. The summed E-state index contributed by atoms with van der Waals surface area (Å²) in [4.78, 5) is 11.6. The molecule has 0 aromatic heterocycles. The third-order valence-corrected chi connectivity index (χ3v) is 2.87. The molecule has 0 atom stereocenters. The molecule has 3 nitrogen and oxygen atoms in total. The van der Waals surface area contributed by atoms with Crippen LogP contribution in [-0.4, -0.2) is 23.7 Å². The second-order valence-corrected chi connectivity index (χ2v) is 4.91. The average molecular weight is 340 g/mol. The number of halogens is 4. The van der Waals surface area contributed by atoms with Crippen LogP contribution in [0.3, 0.4) is 0 Å². The smallest absolute Gasteiger partial charge is 0.389 e. The van der Waals surface area contributed by atoms with Gasteiger partial charge in [-0.25, -0.2) is 0 Å². The third kappa shape index (κ3) is 5.96. The van der Waals surface area contributed by atoms with Crippen molar-refractivity contribution in [3.63, 3.8) is 0 Å². The van der Waals surface area contributed by atoms with E-state index in [0.29, 0.717) is 4.47 Å². The molecular formula is C12H13BrF3NO2. The number of benzene rings is 1. The predicted molar refractivity (Wildman–Crippen MR) is 68.0 cm³/mol. The highest BCUT2D eigenvalue weighted by atomic mass is 79.9. The van der Waals surface area contributed by atoms with E-state index < -0.39 is 18.5 Å². The molecule has 0 aliphatic heterocycles. The summed E-state index contributed by atoms with van der Waals surface area (Å²) in [5.41, 5.74) is 0.0963. The van der Waals surface area contributed by atoms with Crippen LogP contribution in [0.4, 0.5) is 13.2 Å². The number of alkyl halides is 3. The minimum atomic E-state index is -4.16. The number of phenols is 1. The number of rotatable bonds is 5. The molecule has 0 spiro atoms. The van der Waals surface area contributed by atoms with Gasteiger partial charge in [0.15, 0.2) is 0 Å². The quantitative estimate of drug-likeness (QED) is 0.805. The van der Waals surface area contributed by atoms with Crippen LogP contribution in [-0.2, 0) is 0 Å². The van der Waals surface area contributed by atoms with Crippen LogP contribution in [0.25, 0.3) is 0 Å². The first-order valence-corrected chi connectivity index (χ1v) is 6.42. The van der Waals surface area contributed by atoms with Crippen molar-refractivity contribution in [3.8, 4) is 5.75 Å². The van der Waals surface area contributed by atoms with Gasteiger partial charge in [0.1, 0.15) is 5.75 Å². The molecule has 0 aliphatic rings. The summed E-state index contributed by atoms with van der Waals surface area (Å²) < 4.78 is 36.2. The molecule has 7 heteroatoms. The molecule has 0 radical (unpaired) electrons. The first-order chi connectivity index (χ1) is 8.79. The van der Waals surface area contributed by atoms with Gasteiger partial charge in [-0.05, 0) is 31.0 Å². The van der Waals surface area contributed by atoms with Gasteiger partial charge in [0.05, 0.1) is 5.56 Å². The Labute approximate surface area is 116 Å². The summed E-state index contributed by atoms with van der Waals surface area (Å²) in [6.07, 6.45) is -4.81.